The molecule has 1 atom stereocenters. The lowest BCUT2D eigenvalue weighted by molar-refractivity contribution is 0.0599. The van der Waals surface area contributed by atoms with Gasteiger partial charge in [-0.15, -0.1) is 0 Å². The van der Waals surface area contributed by atoms with E-state index in [1.165, 1.54) is 7.11 Å². The van der Waals surface area contributed by atoms with Crippen LogP contribution in [-0.2, 0) is 11.3 Å². The summed E-state index contributed by atoms with van der Waals surface area (Å²) in [5, 5.41) is 0. The molecule has 0 saturated heterocycles. The molecule has 0 aliphatic heterocycles. The summed E-state index contributed by atoms with van der Waals surface area (Å²) < 4.78 is 4.84. The van der Waals surface area contributed by atoms with Crippen LogP contribution in [0.4, 0.5) is 5.69 Å². The third-order valence-corrected chi connectivity index (χ3v) is 5.25. The standard InChI is InChI=1S/C22H31N3O3/c1-8-25(13-17-9-11-18(12-10-17)24(5)6)16(4)21(26)20-14(2)19(15(3)23-20)22(27)28-7/h9-12,16,23H,8,13H2,1-7H3/t16-/m0/s1. The van der Waals surface area contributed by atoms with Crippen molar-refractivity contribution in [3.63, 3.8) is 0 Å². The number of anilines is 1. The monoisotopic (exact) mass is 385 g/mol. The number of Topliss-reactive ketones (excluding diaryl/α,β-unsaturated/α-hetero) is 1. The van der Waals surface area contributed by atoms with E-state index in [0.29, 0.717) is 29.1 Å². The van der Waals surface area contributed by atoms with Gasteiger partial charge in [-0.05, 0) is 50.6 Å². The van der Waals surface area contributed by atoms with E-state index in [4.69, 9.17) is 4.74 Å². The van der Waals surface area contributed by atoms with Crippen LogP contribution in [0.3, 0.4) is 0 Å². The Labute approximate surface area is 167 Å². The maximum absolute atomic E-state index is 13.1. The normalized spacial score (nSPS) is 12.1. The van der Waals surface area contributed by atoms with E-state index in [0.717, 1.165) is 17.8 Å². The molecule has 0 bridgehead atoms. The second-order valence-electron chi connectivity index (χ2n) is 7.28. The number of aryl methyl sites for hydroxylation is 1. The fourth-order valence-electron chi connectivity index (χ4n) is 3.44. The highest BCUT2D eigenvalue weighted by atomic mass is 16.5. The van der Waals surface area contributed by atoms with Crippen LogP contribution in [0.1, 0.15) is 51.5 Å². The molecular weight excluding hydrogens is 354 g/mol. The predicted molar refractivity (Wildman–Crippen MR) is 112 cm³/mol. The zero-order valence-electron chi connectivity index (χ0n) is 17.9. The number of hydrogen-bond acceptors (Lipinski definition) is 5. The lowest BCUT2D eigenvalue weighted by Crippen LogP contribution is -2.38. The average Bonchev–Trinajstić information content (AvgIpc) is 2.98. The smallest absolute Gasteiger partial charge is 0.339 e. The van der Waals surface area contributed by atoms with E-state index in [1.54, 1.807) is 13.8 Å². The highest BCUT2D eigenvalue weighted by Crippen LogP contribution is 2.22. The first kappa shape index (κ1) is 21.7. The third-order valence-electron chi connectivity index (χ3n) is 5.25. The Morgan fingerprint density at radius 3 is 2.25 bits per heavy atom. The van der Waals surface area contributed by atoms with Crippen molar-refractivity contribution in [3.05, 3.63) is 52.3 Å². The SMILES string of the molecule is CCN(Cc1ccc(N(C)C)cc1)[C@@H](C)C(=O)c1[nH]c(C)c(C(=O)OC)c1C. The minimum absolute atomic E-state index is 0.0254. The first-order valence-corrected chi connectivity index (χ1v) is 9.53. The number of H-pyrrole nitrogens is 1. The van der Waals surface area contributed by atoms with Crippen molar-refractivity contribution in [1.82, 2.24) is 9.88 Å². The van der Waals surface area contributed by atoms with Gasteiger partial charge in [0.1, 0.15) is 0 Å². The van der Waals surface area contributed by atoms with Gasteiger partial charge in [0.2, 0.25) is 0 Å². The van der Waals surface area contributed by atoms with Crippen LogP contribution in [0, 0.1) is 13.8 Å². The number of aromatic nitrogens is 1. The van der Waals surface area contributed by atoms with Crippen LogP contribution in [0.15, 0.2) is 24.3 Å². The molecule has 1 N–H and O–H groups in total. The van der Waals surface area contributed by atoms with Crippen LogP contribution in [0.2, 0.25) is 0 Å². The number of nitrogens with zero attached hydrogens (tertiary/aromatic N) is 2. The van der Waals surface area contributed by atoms with Crippen molar-refractivity contribution < 1.29 is 14.3 Å². The van der Waals surface area contributed by atoms with E-state index in [2.05, 4.69) is 39.0 Å². The molecule has 0 unspecified atom stereocenters. The Morgan fingerprint density at radius 2 is 1.75 bits per heavy atom. The fourth-order valence-corrected chi connectivity index (χ4v) is 3.44. The van der Waals surface area contributed by atoms with E-state index < -0.39 is 5.97 Å². The number of ether oxygens (including phenoxy) is 1. The molecule has 28 heavy (non-hydrogen) atoms. The van der Waals surface area contributed by atoms with Crippen molar-refractivity contribution in [2.75, 3.05) is 32.6 Å². The molecule has 0 saturated carbocycles. The molecule has 2 rings (SSSR count). The van der Waals surface area contributed by atoms with Gasteiger partial charge in [-0.25, -0.2) is 4.79 Å². The molecule has 0 radical (unpaired) electrons. The number of esters is 1. The number of carbonyl (C=O) groups is 2. The average molecular weight is 386 g/mol. The predicted octanol–water partition coefficient (Wildman–Crippen LogP) is 3.58. The summed E-state index contributed by atoms with van der Waals surface area (Å²) in [5.41, 5.74) is 4.52. The number of hydrogen-bond donors (Lipinski definition) is 1. The molecule has 6 nitrogen and oxygen atoms in total. The molecular formula is C22H31N3O3. The number of rotatable bonds is 8. The molecule has 0 amide bonds. The highest BCUT2D eigenvalue weighted by molar-refractivity contribution is 6.03. The fraction of sp³-hybridized carbons (Fsp3) is 0.455. The van der Waals surface area contributed by atoms with Crippen molar-refractivity contribution in [2.24, 2.45) is 0 Å². The molecule has 0 aliphatic rings. The lowest BCUT2D eigenvalue weighted by Gasteiger charge is -2.27. The molecule has 0 fully saturated rings. The van der Waals surface area contributed by atoms with Crippen LogP contribution in [0.5, 0.6) is 0 Å². The van der Waals surface area contributed by atoms with Crippen molar-refractivity contribution >= 4 is 17.4 Å². The number of likely N-dealkylation sites (N-methyl/N-ethyl adjacent to an activating group) is 1. The largest absolute Gasteiger partial charge is 0.465 e. The minimum Gasteiger partial charge on any atom is -0.465 e. The summed E-state index contributed by atoms with van der Waals surface area (Å²) in [7, 11) is 5.37. The van der Waals surface area contributed by atoms with Crippen LogP contribution in [-0.4, -0.2) is 55.4 Å². The maximum atomic E-state index is 13.1. The van der Waals surface area contributed by atoms with Gasteiger partial charge >= 0.3 is 5.97 Å². The van der Waals surface area contributed by atoms with Crippen molar-refractivity contribution in [2.45, 2.75) is 40.3 Å². The molecule has 1 aromatic carbocycles. The summed E-state index contributed by atoms with van der Waals surface area (Å²) in [5.74, 6) is -0.450. The van der Waals surface area contributed by atoms with Gasteiger partial charge in [0.05, 0.1) is 24.4 Å². The molecule has 0 aliphatic carbocycles. The van der Waals surface area contributed by atoms with Crippen molar-refractivity contribution in [3.8, 4) is 0 Å². The Balaban J connectivity index is 2.21. The van der Waals surface area contributed by atoms with Gasteiger partial charge in [-0.2, -0.15) is 0 Å². The second-order valence-corrected chi connectivity index (χ2v) is 7.28. The Morgan fingerprint density at radius 1 is 1.14 bits per heavy atom. The van der Waals surface area contributed by atoms with Crippen LogP contribution >= 0.6 is 0 Å². The van der Waals surface area contributed by atoms with Gasteiger partial charge < -0.3 is 14.6 Å². The summed E-state index contributed by atoms with van der Waals surface area (Å²) in [4.78, 5) is 32.4. The minimum atomic E-state index is -0.425. The van der Waals surface area contributed by atoms with Crippen LogP contribution < -0.4 is 4.90 Å². The summed E-state index contributed by atoms with van der Waals surface area (Å²) in [6.07, 6.45) is 0. The van der Waals surface area contributed by atoms with Gasteiger partial charge in [-0.3, -0.25) is 9.69 Å². The zero-order chi connectivity index (χ0) is 21.0. The van der Waals surface area contributed by atoms with Crippen LogP contribution in [0.25, 0.3) is 0 Å². The quantitative estimate of drug-likeness (QED) is 0.556. The van der Waals surface area contributed by atoms with Crippen molar-refractivity contribution in [1.29, 1.82) is 0 Å². The maximum Gasteiger partial charge on any atom is 0.339 e. The van der Waals surface area contributed by atoms with E-state index in [1.807, 2.05) is 27.9 Å². The number of ketones is 1. The van der Waals surface area contributed by atoms with Gasteiger partial charge in [0, 0.05) is 32.0 Å². The number of methoxy groups -OCH3 is 1. The molecule has 1 aromatic heterocycles. The number of carbonyl (C=O) groups excluding carboxylic acids is 2. The van der Waals surface area contributed by atoms with E-state index in [-0.39, 0.29) is 11.8 Å². The molecule has 2 aromatic rings. The highest BCUT2D eigenvalue weighted by Gasteiger charge is 2.28. The third kappa shape index (κ3) is 4.44. The Kier molecular flexibility index (Phi) is 7.02. The lowest BCUT2D eigenvalue weighted by atomic mass is 10.0. The Hall–Kier alpha value is -2.60. The number of aromatic amines is 1. The van der Waals surface area contributed by atoms with Gasteiger partial charge in [0.25, 0.3) is 0 Å². The first-order valence-electron chi connectivity index (χ1n) is 9.53. The molecule has 0 spiro atoms. The first-order chi connectivity index (χ1) is 13.2. The van der Waals surface area contributed by atoms with E-state index >= 15 is 0 Å². The van der Waals surface area contributed by atoms with Gasteiger partial charge in [0.15, 0.2) is 5.78 Å². The number of nitrogens with one attached hydrogen (secondary N) is 1. The molecule has 152 valence electrons. The zero-order valence-corrected chi connectivity index (χ0v) is 17.9. The Bertz CT molecular complexity index is 837. The molecule has 6 heteroatoms. The van der Waals surface area contributed by atoms with Gasteiger partial charge in [-0.1, -0.05) is 19.1 Å². The summed E-state index contributed by atoms with van der Waals surface area (Å²) in [6.45, 7) is 8.94. The summed E-state index contributed by atoms with van der Waals surface area (Å²) >= 11 is 0. The number of benzene rings is 1. The van der Waals surface area contributed by atoms with E-state index in [9.17, 15) is 9.59 Å². The topological polar surface area (TPSA) is 65.6 Å². The molecule has 1 heterocycles. The summed E-state index contributed by atoms with van der Waals surface area (Å²) in [6, 6.07) is 8.03. The second kappa shape index (κ2) is 9.06.